The number of carbonyl (C=O) groups excluding carboxylic acids is 1. The van der Waals surface area contributed by atoms with Crippen LogP contribution in [0.5, 0.6) is 0 Å². The van der Waals surface area contributed by atoms with Crippen LogP contribution in [-0.2, 0) is 4.74 Å². The number of alkyl halides is 3. The number of hydrogen-bond acceptors (Lipinski definition) is 3. The molecule has 0 aliphatic carbocycles. The second-order valence-electron chi connectivity index (χ2n) is 3.34. The molecule has 0 saturated heterocycles. The fourth-order valence-electron chi connectivity index (χ4n) is 1.12. The molecule has 0 unspecified atom stereocenters. The van der Waals surface area contributed by atoms with E-state index in [2.05, 4.69) is 15.0 Å². The molecule has 1 aromatic rings. The van der Waals surface area contributed by atoms with Crippen LogP contribution in [0.3, 0.4) is 0 Å². The van der Waals surface area contributed by atoms with Crippen LogP contribution in [-0.4, -0.2) is 36.8 Å². The number of hydrogen-bond donors (Lipinski definition) is 2. The molecule has 18 heavy (non-hydrogen) atoms. The smallest absolute Gasteiger partial charge is 0.370 e. The van der Waals surface area contributed by atoms with Gasteiger partial charge in [0.25, 0.3) is 11.5 Å². The molecular formula is C10H11F3N2O3. The fourth-order valence-corrected chi connectivity index (χ4v) is 1.12. The lowest BCUT2D eigenvalue weighted by Crippen LogP contribution is -2.32. The molecule has 0 fully saturated rings. The normalized spacial score (nSPS) is 11.3. The first-order chi connectivity index (χ1) is 8.40. The molecule has 1 heterocycles. The van der Waals surface area contributed by atoms with Crippen molar-refractivity contribution in [2.24, 2.45) is 0 Å². The molecule has 100 valence electrons. The van der Waals surface area contributed by atoms with Crippen LogP contribution < -0.4 is 10.9 Å². The van der Waals surface area contributed by atoms with Gasteiger partial charge in [0, 0.05) is 12.7 Å². The van der Waals surface area contributed by atoms with Gasteiger partial charge in [-0.25, -0.2) is 0 Å². The summed E-state index contributed by atoms with van der Waals surface area (Å²) in [4.78, 5) is 24.9. The predicted molar refractivity (Wildman–Crippen MR) is 56.3 cm³/mol. The molecule has 0 spiro atoms. The van der Waals surface area contributed by atoms with Gasteiger partial charge in [0.15, 0.2) is 0 Å². The van der Waals surface area contributed by atoms with E-state index in [1.54, 1.807) is 0 Å². The lowest BCUT2D eigenvalue weighted by atomic mass is 10.2. The van der Waals surface area contributed by atoms with Crippen LogP contribution in [0, 0.1) is 0 Å². The average molecular weight is 264 g/mol. The summed E-state index contributed by atoms with van der Waals surface area (Å²) in [5.41, 5.74) is -0.667. The van der Waals surface area contributed by atoms with E-state index in [1.807, 2.05) is 0 Å². The lowest BCUT2D eigenvalue weighted by Gasteiger charge is -2.08. The highest BCUT2D eigenvalue weighted by molar-refractivity contribution is 5.93. The van der Waals surface area contributed by atoms with Crippen molar-refractivity contribution in [3.8, 4) is 0 Å². The molecule has 1 aromatic heterocycles. The van der Waals surface area contributed by atoms with E-state index in [9.17, 15) is 22.8 Å². The van der Waals surface area contributed by atoms with Crippen LogP contribution in [0.25, 0.3) is 0 Å². The van der Waals surface area contributed by atoms with Gasteiger partial charge in [-0.3, -0.25) is 9.59 Å². The second-order valence-corrected chi connectivity index (χ2v) is 3.34. The van der Waals surface area contributed by atoms with Gasteiger partial charge in [0.1, 0.15) is 12.2 Å². The summed E-state index contributed by atoms with van der Waals surface area (Å²) >= 11 is 0. The van der Waals surface area contributed by atoms with Crippen molar-refractivity contribution in [1.29, 1.82) is 0 Å². The molecule has 5 nitrogen and oxygen atoms in total. The first-order valence-electron chi connectivity index (χ1n) is 5.00. The van der Waals surface area contributed by atoms with Gasteiger partial charge in [-0.2, -0.15) is 13.2 Å². The second kappa shape index (κ2) is 6.20. The monoisotopic (exact) mass is 264 g/mol. The zero-order valence-corrected chi connectivity index (χ0v) is 9.21. The van der Waals surface area contributed by atoms with Crippen LogP contribution >= 0.6 is 0 Å². The molecule has 0 aliphatic heterocycles. The molecule has 0 aromatic carbocycles. The van der Waals surface area contributed by atoms with Gasteiger partial charge in [-0.05, 0) is 12.1 Å². The molecular weight excluding hydrogens is 253 g/mol. The number of ether oxygens (including phenoxy) is 1. The first-order valence-corrected chi connectivity index (χ1v) is 5.00. The van der Waals surface area contributed by atoms with E-state index in [-0.39, 0.29) is 18.7 Å². The number of nitrogens with one attached hydrogen (secondary N) is 2. The standard InChI is InChI=1S/C10H11F3N2O3/c11-10(12,13)6-18-5-4-15-9(17)7-2-1-3-14-8(7)16/h1-3H,4-6H2,(H,14,16)(H,15,17). The van der Waals surface area contributed by atoms with Crippen molar-refractivity contribution in [2.75, 3.05) is 19.8 Å². The Morgan fingerprint density at radius 1 is 1.44 bits per heavy atom. The molecule has 8 heteroatoms. The molecule has 1 amide bonds. The summed E-state index contributed by atoms with van der Waals surface area (Å²) in [5, 5.41) is 2.27. The van der Waals surface area contributed by atoms with Crippen LogP contribution in [0.15, 0.2) is 23.1 Å². The number of aromatic amines is 1. The van der Waals surface area contributed by atoms with Gasteiger partial charge < -0.3 is 15.0 Å². The summed E-state index contributed by atoms with van der Waals surface area (Å²) in [6.07, 6.45) is -3.02. The zero-order chi connectivity index (χ0) is 13.6. The predicted octanol–water partition coefficient (Wildman–Crippen LogP) is 0.684. The highest BCUT2D eigenvalue weighted by atomic mass is 19.4. The Balaban J connectivity index is 2.31. The molecule has 0 saturated carbocycles. The van der Waals surface area contributed by atoms with Gasteiger partial charge in [-0.15, -0.1) is 0 Å². The van der Waals surface area contributed by atoms with Gasteiger partial charge in [0.2, 0.25) is 0 Å². The Hall–Kier alpha value is -1.83. The maximum atomic E-state index is 11.7. The molecule has 0 aliphatic rings. The number of aromatic nitrogens is 1. The van der Waals surface area contributed by atoms with E-state index < -0.39 is 24.2 Å². The number of carbonyl (C=O) groups is 1. The number of pyridine rings is 1. The summed E-state index contributed by atoms with van der Waals surface area (Å²) in [7, 11) is 0. The van der Waals surface area contributed by atoms with Crippen LogP contribution in [0.2, 0.25) is 0 Å². The quantitative estimate of drug-likeness (QED) is 0.768. The van der Waals surface area contributed by atoms with Crippen molar-refractivity contribution < 1.29 is 22.7 Å². The summed E-state index contributed by atoms with van der Waals surface area (Å²) < 4.78 is 39.4. The maximum Gasteiger partial charge on any atom is 0.411 e. The maximum absolute atomic E-state index is 11.7. The van der Waals surface area contributed by atoms with E-state index in [4.69, 9.17) is 0 Å². The summed E-state index contributed by atoms with van der Waals surface area (Å²) in [6, 6.07) is 2.78. The third-order valence-corrected chi connectivity index (χ3v) is 1.86. The van der Waals surface area contributed by atoms with E-state index in [0.717, 1.165) is 0 Å². The molecule has 0 atom stereocenters. The Bertz CT molecular complexity index is 456. The summed E-state index contributed by atoms with van der Waals surface area (Å²) in [5.74, 6) is -0.660. The molecule has 0 radical (unpaired) electrons. The Morgan fingerprint density at radius 2 is 2.17 bits per heavy atom. The van der Waals surface area contributed by atoms with Crippen molar-refractivity contribution in [3.05, 3.63) is 34.2 Å². The van der Waals surface area contributed by atoms with E-state index in [0.29, 0.717) is 0 Å². The minimum absolute atomic E-state index is 0.103. The van der Waals surface area contributed by atoms with Gasteiger partial charge >= 0.3 is 6.18 Å². The van der Waals surface area contributed by atoms with E-state index >= 15 is 0 Å². The number of halogens is 3. The Labute approximate surface area is 100.0 Å². The molecule has 1 rings (SSSR count). The number of amides is 1. The molecule has 2 N–H and O–H groups in total. The van der Waals surface area contributed by atoms with Crippen molar-refractivity contribution in [3.63, 3.8) is 0 Å². The lowest BCUT2D eigenvalue weighted by molar-refractivity contribution is -0.173. The molecule has 0 bridgehead atoms. The van der Waals surface area contributed by atoms with Crippen molar-refractivity contribution in [2.45, 2.75) is 6.18 Å². The number of H-pyrrole nitrogens is 1. The Morgan fingerprint density at radius 3 is 2.78 bits per heavy atom. The average Bonchev–Trinajstić information content (AvgIpc) is 2.27. The third kappa shape index (κ3) is 5.00. The topological polar surface area (TPSA) is 71.2 Å². The zero-order valence-electron chi connectivity index (χ0n) is 9.21. The Kier molecular flexibility index (Phi) is 4.90. The highest BCUT2D eigenvalue weighted by Crippen LogP contribution is 2.13. The first kappa shape index (κ1) is 14.2. The van der Waals surface area contributed by atoms with Gasteiger partial charge in [-0.1, -0.05) is 0 Å². The van der Waals surface area contributed by atoms with Crippen LogP contribution in [0.4, 0.5) is 13.2 Å². The third-order valence-electron chi connectivity index (χ3n) is 1.86. The highest BCUT2D eigenvalue weighted by Gasteiger charge is 2.27. The largest absolute Gasteiger partial charge is 0.411 e. The van der Waals surface area contributed by atoms with Crippen LogP contribution in [0.1, 0.15) is 10.4 Å². The summed E-state index contributed by atoms with van der Waals surface area (Å²) in [6.45, 7) is -1.76. The van der Waals surface area contributed by atoms with E-state index in [1.165, 1.54) is 18.3 Å². The SMILES string of the molecule is O=C(NCCOCC(F)(F)F)c1ccc[nH]c1=O. The minimum atomic E-state index is -4.39. The van der Waals surface area contributed by atoms with Crippen molar-refractivity contribution >= 4 is 5.91 Å². The minimum Gasteiger partial charge on any atom is -0.370 e. The van der Waals surface area contributed by atoms with Gasteiger partial charge in [0.05, 0.1) is 6.61 Å². The van der Waals surface area contributed by atoms with Crippen molar-refractivity contribution in [1.82, 2.24) is 10.3 Å². The number of rotatable bonds is 5. The fraction of sp³-hybridized carbons (Fsp3) is 0.400.